The fourth-order valence-electron chi connectivity index (χ4n) is 1.79. The van der Waals surface area contributed by atoms with Crippen LogP contribution in [0, 0.1) is 0 Å². The van der Waals surface area contributed by atoms with Crippen LogP contribution in [-0.2, 0) is 6.42 Å². The van der Waals surface area contributed by atoms with Gasteiger partial charge >= 0.3 is 0 Å². The average molecular weight is 187 g/mol. The topological polar surface area (TPSA) is 46.2 Å². The van der Waals surface area contributed by atoms with Crippen molar-refractivity contribution >= 4 is 16.5 Å². The maximum absolute atomic E-state index is 9.77. The van der Waals surface area contributed by atoms with E-state index in [1.807, 2.05) is 37.3 Å². The highest BCUT2D eigenvalue weighted by Gasteiger charge is 2.07. The Bertz CT molecular complexity index is 477. The highest BCUT2D eigenvalue weighted by molar-refractivity contribution is 5.91. The molecule has 2 nitrogen and oxygen atoms in total. The Morgan fingerprint density at radius 1 is 1.29 bits per heavy atom. The number of rotatable bonds is 1. The SMILES string of the molecule is CCc1c(O)c(N)cc2ccccc12. The maximum Gasteiger partial charge on any atom is 0.142 e. The van der Waals surface area contributed by atoms with Gasteiger partial charge in [-0.2, -0.15) is 0 Å². The molecule has 0 saturated heterocycles. The molecule has 0 atom stereocenters. The van der Waals surface area contributed by atoms with Crippen LogP contribution in [0.25, 0.3) is 10.8 Å². The molecule has 0 radical (unpaired) electrons. The van der Waals surface area contributed by atoms with Gasteiger partial charge in [0.05, 0.1) is 5.69 Å². The van der Waals surface area contributed by atoms with E-state index in [1.54, 1.807) is 0 Å². The number of aryl methyl sites for hydroxylation is 1. The van der Waals surface area contributed by atoms with Gasteiger partial charge in [-0.1, -0.05) is 31.2 Å². The fourth-order valence-corrected chi connectivity index (χ4v) is 1.79. The predicted molar refractivity (Wildman–Crippen MR) is 59.4 cm³/mol. The number of nitrogens with two attached hydrogens (primary N) is 1. The molecule has 0 aliphatic rings. The number of phenolic OH excluding ortho intramolecular Hbond substituents is 1. The van der Waals surface area contributed by atoms with Crippen molar-refractivity contribution in [1.82, 2.24) is 0 Å². The normalized spacial score (nSPS) is 10.6. The Labute approximate surface area is 83.0 Å². The number of hydrogen-bond donors (Lipinski definition) is 2. The summed E-state index contributed by atoms with van der Waals surface area (Å²) in [5.74, 6) is 0.228. The van der Waals surface area contributed by atoms with Gasteiger partial charge in [0, 0.05) is 5.56 Å². The molecule has 14 heavy (non-hydrogen) atoms. The predicted octanol–water partition coefficient (Wildman–Crippen LogP) is 2.69. The van der Waals surface area contributed by atoms with Crippen molar-refractivity contribution in [3.63, 3.8) is 0 Å². The molecule has 0 bridgehead atoms. The molecule has 0 spiro atoms. The summed E-state index contributed by atoms with van der Waals surface area (Å²) in [6.07, 6.45) is 0.789. The van der Waals surface area contributed by atoms with Crippen LogP contribution < -0.4 is 5.73 Å². The first-order valence-corrected chi connectivity index (χ1v) is 4.73. The zero-order chi connectivity index (χ0) is 10.1. The third-order valence-electron chi connectivity index (χ3n) is 2.51. The van der Waals surface area contributed by atoms with Gasteiger partial charge in [0.2, 0.25) is 0 Å². The smallest absolute Gasteiger partial charge is 0.142 e. The highest BCUT2D eigenvalue weighted by Crippen LogP contribution is 2.33. The van der Waals surface area contributed by atoms with Crippen LogP contribution in [0.15, 0.2) is 30.3 Å². The van der Waals surface area contributed by atoms with E-state index in [9.17, 15) is 5.11 Å². The number of nitrogen functional groups attached to an aromatic ring is 1. The lowest BCUT2D eigenvalue weighted by atomic mass is 10.0. The summed E-state index contributed by atoms with van der Waals surface area (Å²) >= 11 is 0. The zero-order valence-electron chi connectivity index (χ0n) is 8.12. The van der Waals surface area contributed by atoms with E-state index in [4.69, 9.17) is 5.73 Å². The number of hydrogen-bond acceptors (Lipinski definition) is 2. The molecule has 2 aromatic carbocycles. The van der Waals surface area contributed by atoms with E-state index in [1.165, 1.54) is 0 Å². The molecule has 0 fully saturated rings. The standard InChI is InChI=1S/C12H13NO/c1-2-9-10-6-4-3-5-8(10)7-11(13)12(9)14/h3-7,14H,2,13H2,1H3. The molecular weight excluding hydrogens is 174 g/mol. The first kappa shape index (κ1) is 8.88. The van der Waals surface area contributed by atoms with Gasteiger partial charge in [-0.25, -0.2) is 0 Å². The Morgan fingerprint density at radius 2 is 2.00 bits per heavy atom. The summed E-state index contributed by atoms with van der Waals surface area (Å²) in [4.78, 5) is 0. The minimum Gasteiger partial charge on any atom is -0.505 e. The van der Waals surface area contributed by atoms with Crippen molar-refractivity contribution in [2.45, 2.75) is 13.3 Å². The van der Waals surface area contributed by atoms with Crippen molar-refractivity contribution in [3.05, 3.63) is 35.9 Å². The molecule has 2 heteroatoms. The number of aromatic hydroxyl groups is 1. The maximum atomic E-state index is 9.77. The average Bonchev–Trinajstić information content (AvgIpc) is 2.20. The van der Waals surface area contributed by atoms with Crippen LogP contribution >= 0.6 is 0 Å². The summed E-state index contributed by atoms with van der Waals surface area (Å²) < 4.78 is 0. The van der Waals surface area contributed by atoms with Crippen LogP contribution in [0.5, 0.6) is 5.75 Å². The highest BCUT2D eigenvalue weighted by atomic mass is 16.3. The Hall–Kier alpha value is -1.70. The molecule has 0 unspecified atom stereocenters. The van der Waals surface area contributed by atoms with E-state index in [0.717, 1.165) is 22.8 Å². The molecule has 3 N–H and O–H groups in total. The minimum absolute atomic E-state index is 0.228. The number of anilines is 1. The third-order valence-corrected chi connectivity index (χ3v) is 2.51. The van der Waals surface area contributed by atoms with E-state index < -0.39 is 0 Å². The summed E-state index contributed by atoms with van der Waals surface area (Å²) in [7, 11) is 0. The van der Waals surface area contributed by atoms with Gasteiger partial charge in [-0.3, -0.25) is 0 Å². The Balaban J connectivity index is 2.89. The van der Waals surface area contributed by atoms with Gasteiger partial charge in [0.1, 0.15) is 5.75 Å². The molecule has 0 amide bonds. The van der Waals surface area contributed by atoms with Gasteiger partial charge < -0.3 is 10.8 Å². The molecule has 0 aromatic heterocycles. The fraction of sp³-hybridized carbons (Fsp3) is 0.167. The van der Waals surface area contributed by atoms with Gasteiger partial charge in [-0.15, -0.1) is 0 Å². The van der Waals surface area contributed by atoms with Crippen LogP contribution in [0.4, 0.5) is 5.69 Å². The van der Waals surface area contributed by atoms with Crippen molar-refractivity contribution < 1.29 is 5.11 Å². The summed E-state index contributed by atoms with van der Waals surface area (Å²) in [5.41, 5.74) is 7.10. The second-order valence-electron chi connectivity index (χ2n) is 3.37. The molecule has 0 saturated carbocycles. The van der Waals surface area contributed by atoms with E-state index in [0.29, 0.717) is 5.69 Å². The second kappa shape index (κ2) is 3.22. The van der Waals surface area contributed by atoms with Crippen LogP contribution in [0.3, 0.4) is 0 Å². The molecule has 0 aliphatic carbocycles. The largest absolute Gasteiger partial charge is 0.505 e. The Morgan fingerprint density at radius 3 is 2.71 bits per heavy atom. The summed E-state index contributed by atoms with van der Waals surface area (Å²) in [6, 6.07) is 9.76. The van der Waals surface area contributed by atoms with Gasteiger partial charge in [-0.05, 0) is 23.3 Å². The lowest BCUT2D eigenvalue weighted by Gasteiger charge is -2.09. The molecular formula is C12H13NO. The molecule has 0 aliphatic heterocycles. The van der Waals surface area contributed by atoms with Crippen LogP contribution in [0.2, 0.25) is 0 Å². The summed E-state index contributed by atoms with van der Waals surface area (Å²) in [6.45, 7) is 2.01. The number of benzene rings is 2. The molecule has 2 aromatic rings. The Kier molecular flexibility index (Phi) is 2.04. The van der Waals surface area contributed by atoms with Crippen molar-refractivity contribution in [1.29, 1.82) is 0 Å². The van der Waals surface area contributed by atoms with E-state index >= 15 is 0 Å². The lowest BCUT2D eigenvalue weighted by molar-refractivity contribution is 0.473. The van der Waals surface area contributed by atoms with Crippen molar-refractivity contribution in [3.8, 4) is 5.75 Å². The molecule has 2 rings (SSSR count). The van der Waals surface area contributed by atoms with Crippen molar-refractivity contribution in [2.24, 2.45) is 0 Å². The van der Waals surface area contributed by atoms with Gasteiger partial charge in [0.25, 0.3) is 0 Å². The third kappa shape index (κ3) is 1.20. The first-order valence-electron chi connectivity index (χ1n) is 4.73. The quantitative estimate of drug-likeness (QED) is 0.532. The number of phenols is 1. The van der Waals surface area contributed by atoms with Crippen LogP contribution in [-0.4, -0.2) is 5.11 Å². The van der Waals surface area contributed by atoms with E-state index in [2.05, 4.69) is 0 Å². The minimum atomic E-state index is 0.228. The first-order chi connectivity index (χ1) is 6.74. The van der Waals surface area contributed by atoms with E-state index in [-0.39, 0.29) is 5.75 Å². The number of fused-ring (bicyclic) bond motifs is 1. The van der Waals surface area contributed by atoms with Gasteiger partial charge in [0.15, 0.2) is 0 Å². The molecule has 72 valence electrons. The zero-order valence-corrected chi connectivity index (χ0v) is 8.12. The summed E-state index contributed by atoms with van der Waals surface area (Å²) in [5, 5.41) is 11.9. The second-order valence-corrected chi connectivity index (χ2v) is 3.37. The van der Waals surface area contributed by atoms with Crippen LogP contribution in [0.1, 0.15) is 12.5 Å². The van der Waals surface area contributed by atoms with Crippen molar-refractivity contribution in [2.75, 3.05) is 5.73 Å². The lowest BCUT2D eigenvalue weighted by Crippen LogP contribution is -1.92. The molecule has 0 heterocycles. The monoisotopic (exact) mass is 187 g/mol.